The molecule has 4 heteroatoms. The Morgan fingerprint density at radius 3 is 2.47 bits per heavy atom. The quantitative estimate of drug-likeness (QED) is 0.640. The highest BCUT2D eigenvalue weighted by Crippen LogP contribution is 2.26. The van der Waals surface area contributed by atoms with Crippen LogP contribution in [0.25, 0.3) is 0 Å². The lowest BCUT2D eigenvalue weighted by Crippen LogP contribution is -2.34. The van der Waals surface area contributed by atoms with Gasteiger partial charge in [-0.15, -0.1) is 0 Å². The minimum absolute atomic E-state index is 0.147. The van der Waals surface area contributed by atoms with Crippen molar-refractivity contribution in [3.05, 3.63) is 0 Å². The average molecular weight is 233 g/mol. The molecule has 0 heterocycles. The molecule has 4 N–H and O–H groups in total. The molecule has 0 aromatic rings. The molecule has 1 aliphatic carbocycles. The maximum absolute atomic E-state index is 9.17. The predicted octanol–water partition coefficient (Wildman–Crippen LogP) is 0.980. The Labute approximate surface area is 96.4 Å². The Balaban J connectivity index is 2.09. The molecular formula is C11H23NO2S. The summed E-state index contributed by atoms with van der Waals surface area (Å²) in [6.07, 6.45) is 5.95. The molecule has 0 aromatic heterocycles. The normalized spacial score (nSPS) is 22.6. The zero-order valence-electron chi connectivity index (χ0n) is 9.27. The first-order valence-electron chi connectivity index (χ1n) is 5.86. The highest BCUT2D eigenvalue weighted by atomic mass is 32.2. The Morgan fingerprint density at radius 2 is 1.87 bits per heavy atom. The van der Waals surface area contributed by atoms with Crippen LogP contribution in [0, 0.1) is 5.92 Å². The van der Waals surface area contributed by atoms with Gasteiger partial charge in [0.15, 0.2) is 0 Å². The van der Waals surface area contributed by atoms with Gasteiger partial charge in [0, 0.05) is 17.5 Å². The minimum atomic E-state index is -0.589. The van der Waals surface area contributed by atoms with Crippen molar-refractivity contribution in [1.82, 2.24) is 0 Å². The summed E-state index contributed by atoms with van der Waals surface area (Å²) in [5, 5.41) is 17.8. The summed E-state index contributed by atoms with van der Waals surface area (Å²) in [6, 6.07) is 0.265. The molecule has 0 aliphatic heterocycles. The maximum Gasteiger partial charge on any atom is 0.0861 e. The number of aliphatic hydroxyl groups is 2. The van der Waals surface area contributed by atoms with Crippen LogP contribution in [-0.4, -0.2) is 40.5 Å². The standard InChI is InChI=1S/C11H23NO2S/c12-11(8-15-7-10(14)6-13)9-4-2-1-3-5-9/h9-11,13-14H,1-8,12H2. The summed E-state index contributed by atoms with van der Waals surface area (Å²) in [5.74, 6) is 2.18. The van der Waals surface area contributed by atoms with Gasteiger partial charge in [-0.3, -0.25) is 0 Å². The summed E-state index contributed by atoms with van der Waals surface area (Å²) in [7, 11) is 0. The Kier molecular flexibility index (Phi) is 6.64. The molecule has 0 aromatic carbocycles. The average Bonchev–Trinajstić information content (AvgIpc) is 2.29. The molecule has 3 nitrogen and oxygen atoms in total. The van der Waals surface area contributed by atoms with Crippen molar-refractivity contribution >= 4 is 11.8 Å². The van der Waals surface area contributed by atoms with Gasteiger partial charge < -0.3 is 15.9 Å². The summed E-state index contributed by atoms with van der Waals surface area (Å²) < 4.78 is 0. The van der Waals surface area contributed by atoms with Crippen molar-refractivity contribution in [2.75, 3.05) is 18.1 Å². The van der Waals surface area contributed by atoms with Gasteiger partial charge in [0.05, 0.1) is 12.7 Å². The van der Waals surface area contributed by atoms with Gasteiger partial charge in [-0.25, -0.2) is 0 Å². The third kappa shape index (κ3) is 5.20. The van der Waals surface area contributed by atoms with E-state index >= 15 is 0 Å². The molecule has 0 bridgehead atoms. The van der Waals surface area contributed by atoms with E-state index in [-0.39, 0.29) is 12.6 Å². The molecule has 1 aliphatic rings. The summed E-state index contributed by atoms with van der Waals surface area (Å²) in [5.41, 5.74) is 6.11. The molecule has 1 fully saturated rings. The lowest BCUT2D eigenvalue weighted by Gasteiger charge is -2.27. The van der Waals surface area contributed by atoms with Crippen LogP contribution in [0.3, 0.4) is 0 Å². The Bertz CT molecular complexity index is 163. The van der Waals surface area contributed by atoms with E-state index in [9.17, 15) is 0 Å². The third-order valence-corrected chi connectivity index (χ3v) is 4.33. The van der Waals surface area contributed by atoms with Crippen LogP contribution in [0.1, 0.15) is 32.1 Å². The fraction of sp³-hybridized carbons (Fsp3) is 1.00. The number of aliphatic hydroxyl groups excluding tert-OH is 2. The molecule has 0 amide bonds. The Morgan fingerprint density at radius 1 is 1.20 bits per heavy atom. The van der Waals surface area contributed by atoms with Crippen LogP contribution < -0.4 is 5.73 Å². The molecular weight excluding hydrogens is 210 g/mol. The fourth-order valence-corrected chi connectivity index (χ4v) is 3.15. The van der Waals surface area contributed by atoms with E-state index in [4.69, 9.17) is 15.9 Å². The van der Waals surface area contributed by atoms with Crippen LogP contribution in [0.5, 0.6) is 0 Å². The van der Waals surface area contributed by atoms with Gasteiger partial charge in [0.25, 0.3) is 0 Å². The summed E-state index contributed by atoms with van der Waals surface area (Å²) >= 11 is 1.65. The van der Waals surface area contributed by atoms with E-state index in [0.29, 0.717) is 11.7 Å². The van der Waals surface area contributed by atoms with Crippen molar-refractivity contribution in [2.45, 2.75) is 44.2 Å². The van der Waals surface area contributed by atoms with E-state index in [2.05, 4.69) is 0 Å². The zero-order valence-corrected chi connectivity index (χ0v) is 10.1. The molecule has 15 heavy (non-hydrogen) atoms. The van der Waals surface area contributed by atoms with Crippen molar-refractivity contribution < 1.29 is 10.2 Å². The van der Waals surface area contributed by atoms with E-state index < -0.39 is 6.10 Å². The molecule has 1 rings (SSSR count). The molecule has 1 saturated carbocycles. The van der Waals surface area contributed by atoms with Crippen molar-refractivity contribution in [3.63, 3.8) is 0 Å². The van der Waals surface area contributed by atoms with E-state index in [1.165, 1.54) is 32.1 Å². The molecule has 0 radical (unpaired) electrons. The number of thioether (sulfide) groups is 1. The molecule has 90 valence electrons. The van der Waals surface area contributed by atoms with Crippen LogP contribution in [0.2, 0.25) is 0 Å². The number of hydrogen-bond donors (Lipinski definition) is 3. The van der Waals surface area contributed by atoms with Crippen LogP contribution >= 0.6 is 11.8 Å². The van der Waals surface area contributed by atoms with E-state index in [1.54, 1.807) is 11.8 Å². The van der Waals surface area contributed by atoms with Gasteiger partial charge in [-0.1, -0.05) is 19.3 Å². The first-order valence-corrected chi connectivity index (χ1v) is 7.01. The number of rotatable bonds is 6. The monoisotopic (exact) mass is 233 g/mol. The summed E-state index contributed by atoms with van der Waals surface area (Å²) in [6.45, 7) is -0.147. The molecule has 0 spiro atoms. The fourth-order valence-electron chi connectivity index (χ4n) is 2.09. The third-order valence-electron chi connectivity index (χ3n) is 3.09. The van der Waals surface area contributed by atoms with Gasteiger partial charge in [0.2, 0.25) is 0 Å². The first-order chi connectivity index (χ1) is 7.24. The van der Waals surface area contributed by atoms with Crippen molar-refractivity contribution in [1.29, 1.82) is 0 Å². The van der Waals surface area contributed by atoms with Crippen molar-refractivity contribution in [2.24, 2.45) is 11.7 Å². The Hall–Kier alpha value is 0.230. The van der Waals surface area contributed by atoms with Gasteiger partial charge >= 0.3 is 0 Å². The van der Waals surface area contributed by atoms with Crippen LogP contribution in [0.15, 0.2) is 0 Å². The predicted molar refractivity (Wildman–Crippen MR) is 65.0 cm³/mol. The van der Waals surface area contributed by atoms with Gasteiger partial charge in [-0.2, -0.15) is 11.8 Å². The molecule has 2 atom stereocenters. The summed E-state index contributed by atoms with van der Waals surface area (Å²) in [4.78, 5) is 0. The molecule has 0 saturated heterocycles. The maximum atomic E-state index is 9.17. The lowest BCUT2D eigenvalue weighted by atomic mass is 9.85. The van der Waals surface area contributed by atoms with Crippen LogP contribution in [0.4, 0.5) is 0 Å². The van der Waals surface area contributed by atoms with Crippen LogP contribution in [-0.2, 0) is 0 Å². The first kappa shape index (κ1) is 13.3. The highest BCUT2D eigenvalue weighted by molar-refractivity contribution is 7.99. The largest absolute Gasteiger partial charge is 0.394 e. The van der Waals surface area contributed by atoms with Crippen molar-refractivity contribution in [3.8, 4) is 0 Å². The second-order valence-electron chi connectivity index (χ2n) is 4.44. The number of nitrogens with two attached hydrogens (primary N) is 1. The highest BCUT2D eigenvalue weighted by Gasteiger charge is 2.20. The second-order valence-corrected chi connectivity index (χ2v) is 5.51. The topological polar surface area (TPSA) is 66.5 Å². The van der Waals surface area contributed by atoms with Gasteiger partial charge in [-0.05, 0) is 18.8 Å². The van der Waals surface area contributed by atoms with E-state index in [1.807, 2.05) is 0 Å². The second kappa shape index (κ2) is 7.49. The SMILES string of the molecule is NC(CSCC(O)CO)C1CCCCC1. The smallest absolute Gasteiger partial charge is 0.0861 e. The minimum Gasteiger partial charge on any atom is -0.394 e. The van der Waals surface area contributed by atoms with Gasteiger partial charge in [0.1, 0.15) is 0 Å². The molecule has 2 unspecified atom stereocenters. The lowest BCUT2D eigenvalue weighted by molar-refractivity contribution is 0.113. The number of hydrogen-bond acceptors (Lipinski definition) is 4. The zero-order chi connectivity index (χ0) is 11.1. The van der Waals surface area contributed by atoms with E-state index in [0.717, 1.165) is 5.75 Å².